The normalized spacial score (nSPS) is 17.3. The first-order valence-electron chi connectivity index (χ1n) is 5.95. The minimum Gasteiger partial charge on any atom is -0.481 e. The molecule has 0 spiro atoms. The molecule has 1 aliphatic rings. The van der Waals surface area contributed by atoms with Crippen molar-refractivity contribution in [3.05, 3.63) is 0 Å². The topological polar surface area (TPSA) is 207 Å². The van der Waals surface area contributed by atoms with Crippen molar-refractivity contribution in [2.45, 2.75) is 24.1 Å². The first kappa shape index (κ1) is 20.9. The smallest absolute Gasteiger partial charge is 0.349 e. The largest absolute Gasteiger partial charge is 0.481 e. The predicted octanol–water partition coefficient (Wildman–Crippen LogP) is -2.75. The summed E-state index contributed by atoms with van der Waals surface area (Å²) in [5.74, 6) is -6.58. The second kappa shape index (κ2) is 7.96. The molecular formula is C10H15NO11S. The van der Waals surface area contributed by atoms with Gasteiger partial charge in [-0.15, -0.1) is 0 Å². The molecule has 1 atom stereocenters. The molecule has 0 bridgehead atoms. The zero-order chi connectivity index (χ0) is 18.4. The van der Waals surface area contributed by atoms with Gasteiger partial charge in [-0.3, -0.25) is 18.9 Å². The number of hydrogen-bond donors (Lipinski definition) is 5. The van der Waals surface area contributed by atoms with Crippen LogP contribution in [-0.4, -0.2) is 80.1 Å². The molecule has 1 heterocycles. The van der Waals surface area contributed by atoms with Gasteiger partial charge >= 0.3 is 22.1 Å². The van der Waals surface area contributed by atoms with E-state index in [9.17, 15) is 27.6 Å². The standard InChI is InChI=1S/C8H9NO9S.C2H6O2/c10-4-1-2-5(11)9(4)8(7(14)15,3-6(12)13)19(16,17)18;3-1-2-4/h1-3H2,(H,12,13)(H,14,15)(H,16,17,18);3-4H,1-2H2/t8-;/m0./s1. The second-order valence-electron chi connectivity index (χ2n) is 4.21. The summed E-state index contributed by atoms with van der Waals surface area (Å²) in [6, 6.07) is 0. The fourth-order valence-corrected chi connectivity index (χ4v) is 2.71. The summed E-state index contributed by atoms with van der Waals surface area (Å²) in [4.78, 5) is 40.9. The number of aliphatic hydroxyl groups excluding tert-OH is 2. The van der Waals surface area contributed by atoms with Crippen LogP contribution in [0.5, 0.6) is 0 Å². The van der Waals surface area contributed by atoms with E-state index in [2.05, 4.69) is 0 Å². The van der Waals surface area contributed by atoms with Crippen molar-refractivity contribution in [2.24, 2.45) is 0 Å². The Morgan fingerprint density at radius 2 is 1.43 bits per heavy atom. The number of carbonyl (C=O) groups is 4. The molecule has 1 rings (SSSR count). The van der Waals surface area contributed by atoms with Crippen molar-refractivity contribution < 1.29 is 52.6 Å². The third-order valence-electron chi connectivity index (χ3n) is 2.66. The molecule has 5 N–H and O–H groups in total. The van der Waals surface area contributed by atoms with Gasteiger partial charge in [0, 0.05) is 12.8 Å². The van der Waals surface area contributed by atoms with E-state index in [4.69, 9.17) is 25.0 Å². The summed E-state index contributed by atoms with van der Waals surface area (Å²) in [7, 11) is -5.57. The maximum absolute atomic E-state index is 11.4. The van der Waals surface area contributed by atoms with Gasteiger partial charge in [-0.05, 0) is 0 Å². The van der Waals surface area contributed by atoms with Crippen LogP contribution in [0.1, 0.15) is 19.3 Å². The summed E-state index contributed by atoms with van der Waals surface area (Å²) in [6.07, 6.45) is -2.56. The maximum Gasteiger partial charge on any atom is 0.349 e. The molecule has 12 nitrogen and oxygen atoms in total. The van der Waals surface area contributed by atoms with Crippen molar-refractivity contribution in [1.82, 2.24) is 4.90 Å². The molecule has 132 valence electrons. The van der Waals surface area contributed by atoms with Gasteiger partial charge in [-0.1, -0.05) is 0 Å². The number of carbonyl (C=O) groups excluding carboxylic acids is 2. The molecule has 2 amide bonds. The number of amides is 2. The molecule has 1 fully saturated rings. The number of aliphatic carboxylic acids is 2. The number of aliphatic hydroxyl groups is 2. The lowest BCUT2D eigenvalue weighted by molar-refractivity contribution is -0.160. The van der Waals surface area contributed by atoms with Gasteiger partial charge in [-0.2, -0.15) is 8.42 Å². The van der Waals surface area contributed by atoms with E-state index < -0.39 is 58.0 Å². The average molecular weight is 357 g/mol. The molecule has 0 radical (unpaired) electrons. The van der Waals surface area contributed by atoms with Crippen LogP contribution < -0.4 is 0 Å². The highest BCUT2D eigenvalue weighted by atomic mass is 32.2. The summed E-state index contributed by atoms with van der Waals surface area (Å²) in [5.41, 5.74) is 0. The second-order valence-corrected chi connectivity index (χ2v) is 5.83. The van der Waals surface area contributed by atoms with E-state index in [1.807, 2.05) is 0 Å². The lowest BCUT2D eigenvalue weighted by Crippen LogP contribution is -2.62. The van der Waals surface area contributed by atoms with Gasteiger partial charge in [-0.25, -0.2) is 9.69 Å². The maximum atomic E-state index is 11.4. The van der Waals surface area contributed by atoms with Crippen LogP contribution in [0.2, 0.25) is 0 Å². The van der Waals surface area contributed by atoms with E-state index in [0.29, 0.717) is 0 Å². The summed E-state index contributed by atoms with van der Waals surface area (Å²) < 4.78 is 31.6. The van der Waals surface area contributed by atoms with Crippen molar-refractivity contribution >= 4 is 33.9 Å². The van der Waals surface area contributed by atoms with Crippen molar-refractivity contribution in [3.8, 4) is 0 Å². The molecule has 13 heteroatoms. The van der Waals surface area contributed by atoms with Gasteiger partial charge in [0.1, 0.15) is 0 Å². The summed E-state index contributed by atoms with van der Waals surface area (Å²) >= 11 is 0. The Balaban J connectivity index is 0.00000108. The fraction of sp³-hybridized carbons (Fsp3) is 0.600. The van der Waals surface area contributed by atoms with Gasteiger partial charge in [0.15, 0.2) is 0 Å². The highest BCUT2D eigenvalue weighted by molar-refractivity contribution is 7.88. The Labute approximate surface area is 129 Å². The minimum absolute atomic E-state index is 0.125. The van der Waals surface area contributed by atoms with Crippen LogP contribution in [0, 0.1) is 0 Å². The highest BCUT2D eigenvalue weighted by Crippen LogP contribution is 2.32. The fourth-order valence-electron chi connectivity index (χ4n) is 1.75. The molecule has 0 aromatic carbocycles. The van der Waals surface area contributed by atoms with E-state index in [1.54, 1.807) is 0 Å². The molecule has 0 saturated carbocycles. The minimum atomic E-state index is -5.57. The Hall–Kier alpha value is -2.09. The number of imide groups is 1. The van der Waals surface area contributed by atoms with Crippen LogP contribution in [0.4, 0.5) is 0 Å². The first-order chi connectivity index (χ1) is 10.5. The van der Waals surface area contributed by atoms with Crippen LogP contribution in [-0.2, 0) is 29.3 Å². The lowest BCUT2D eigenvalue weighted by atomic mass is 10.1. The quantitative estimate of drug-likeness (QED) is 0.243. The van der Waals surface area contributed by atoms with Crippen molar-refractivity contribution in [3.63, 3.8) is 0 Å². The molecule has 23 heavy (non-hydrogen) atoms. The predicted molar refractivity (Wildman–Crippen MR) is 69.4 cm³/mol. The Morgan fingerprint density at radius 3 is 1.65 bits per heavy atom. The Kier molecular flexibility index (Phi) is 7.24. The molecule has 0 aliphatic carbocycles. The lowest BCUT2D eigenvalue weighted by Gasteiger charge is -2.32. The molecule has 0 aromatic heterocycles. The number of carboxylic acid groups (broad SMARTS) is 2. The summed E-state index contributed by atoms with van der Waals surface area (Å²) in [5, 5.41) is 32.8. The molecule has 1 aliphatic heterocycles. The van der Waals surface area contributed by atoms with Crippen LogP contribution in [0.25, 0.3) is 0 Å². The SMILES string of the molecule is O=C(O)C[C@](C(=O)O)(N1C(=O)CCC1=O)S(=O)(=O)O.OCCO. The van der Waals surface area contributed by atoms with Crippen molar-refractivity contribution in [1.29, 1.82) is 0 Å². The third-order valence-corrected chi connectivity index (χ3v) is 4.02. The zero-order valence-electron chi connectivity index (χ0n) is 11.6. The van der Waals surface area contributed by atoms with E-state index >= 15 is 0 Å². The van der Waals surface area contributed by atoms with Gasteiger partial charge in [0.25, 0.3) is 4.87 Å². The van der Waals surface area contributed by atoms with Crippen LogP contribution in [0.15, 0.2) is 0 Å². The molecular weight excluding hydrogens is 342 g/mol. The summed E-state index contributed by atoms with van der Waals surface area (Å²) in [6.45, 7) is -0.250. The van der Waals surface area contributed by atoms with E-state index in [1.165, 1.54) is 0 Å². The molecule has 0 aromatic rings. The highest BCUT2D eigenvalue weighted by Gasteiger charge is 2.62. The van der Waals surface area contributed by atoms with E-state index in [-0.39, 0.29) is 18.1 Å². The number of hydrogen-bond acceptors (Lipinski definition) is 8. The number of likely N-dealkylation sites (tertiary alicyclic amines) is 1. The van der Waals surface area contributed by atoms with Crippen LogP contribution >= 0.6 is 0 Å². The van der Waals surface area contributed by atoms with Gasteiger partial charge in [0.05, 0.1) is 19.6 Å². The van der Waals surface area contributed by atoms with Crippen molar-refractivity contribution in [2.75, 3.05) is 13.2 Å². The number of rotatable bonds is 6. The average Bonchev–Trinajstić information content (AvgIpc) is 2.74. The van der Waals surface area contributed by atoms with Gasteiger partial charge < -0.3 is 20.4 Å². The Morgan fingerprint density at radius 1 is 1.04 bits per heavy atom. The number of carboxylic acids is 2. The monoisotopic (exact) mass is 357 g/mol. The van der Waals surface area contributed by atoms with E-state index in [0.717, 1.165) is 0 Å². The van der Waals surface area contributed by atoms with Crippen LogP contribution in [0.3, 0.4) is 0 Å². The molecule has 0 unspecified atom stereocenters. The third kappa shape index (κ3) is 4.44. The number of nitrogens with zero attached hydrogens (tertiary/aromatic N) is 1. The molecule has 1 saturated heterocycles. The van der Waals surface area contributed by atoms with Gasteiger partial charge in [0.2, 0.25) is 11.8 Å². The first-order valence-corrected chi connectivity index (χ1v) is 7.39. The zero-order valence-corrected chi connectivity index (χ0v) is 12.4. The Bertz CT molecular complexity index is 580.